The standard InChI is InChI=1S/C12H17NO/c1-9-3-2-4-11(5-9)12(14)6-10-7-13-8-10/h2-5,10,12-14H,6-8H2,1H3. The third-order valence-corrected chi connectivity index (χ3v) is 2.85. The van der Waals surface area contributed by atoms with Crippen molar-refractivity contribution in [1.82, 2.24) is 5.32 Å². The lowest BCUT2D eigenvalue weighted by atomic mass is 9.92. The van der Waals surface area contributed by atoms with Gasteiger partial charge >= 0.3 is 0 Å². The second kappa shape index (κ2) is 4.11. The minimum Gasteiger partial charge on any atom is -0.388 e. The van der Waals surface area contributed by atoms with Crippen LogP contribution in [0.1, 0.15) is 23.7 Å². The van der Waals surface area contributed by atoms with Crippen molar-refractivity contribution in [3.8, 4) is 0 Å². The Labute approximate surface area is 85.0 Å². The summed E-state index contributed by atoms with van der Waals surface area (Å²) in [4.78, 5) is 0. The lowest BCUT2D eigenvalue weighted by molar-refractivity contribution is 0.127. The molecule has 2 N–H and O–H groups in total. The molecule has 0 radical (unpaired) electrons. The topological polar surface area (TPSA) is 32.3 Å². The molecule has 0 aliphatic carbocycles. The van der Waals surface area contributed by atoms with Crippen molar-refractivity contribution in [1.29, 1.82) is 0 Å². The number of rotatable bonds is 3. The zero-order valence-corrected chi connectivity index (χ0v) is 8.53. The van der Waals surface area contributed by atoms with E-state index in [1.165, 1.54) is 5.56 Å². The smallest absolute Gasteiger partial charge is 0.0793 e. The van der Waals surface area contributed by atoms with Crippen LogP contribution in [0.3, 0.4) is 0 Å². The maximum absolute atomic E-state index is 9.95. The van der Waals surface area contributed by atoms with Gasteiger partial charge in [-0.05, 0) is 37.9 Å². The minimum absolute atomic E-state index is 0.290. The molecule has 1 aromatic rings. The van der Waals surface area contributed by atoms with E-state index in [4.69, 9.17) is 0 Å². The van der Waals surface area contributed by atoms with E-state index in [1.54, 1.807) is 0 Å². The number of hydrogen-bond donors (Lipinski definition) is 2. The Morgan fingerprint density at radius 1 is 1.50 bits per heavy atom. The second-order valence-corrected chi connectivity index (χ2v) is 4.19. The van der Waals surface area contributed by atoms with E-state index in [0.717, 1.165) is 25.1 Å². The van der Waals surface area contributed by atoms with Crippen molar-refractivity contribution in [2.75, 3.05) is 13.1 Å². The Bertz CT molecular complexity index is 307. The lowest BCUT2D eigenvalue weighted by Crippen LogP contribution is -2.42. The van der Waals surface area contributed by atoms with Gasteiger partial charge in [-0.2, -0.15) is 0 Å². The van der Waals surface area contributed by atoms with Gasteiger partial charge in [-0.1, -0.05) is 29.8 Å². The number of aryl methyl sites for hydroxylation is 1. The number of nitrogens with one attached hydrogen (secondary N) is 1. The molecule has 1 aliphatic rings. The largest absolute Gasteiger partial charge is 0.388 e. The van der Waals surface area contributed by atoms with Gasteiger partial charge in [-0.3, -0.25) is 0 Å². The Hall–Kier alpha value is -0.860. The fourth-order valence-electron chi connectivity index (χ4n) is 1.84. The number of benzene rings is 1. The monoisotopic (exact) mass is 191 g/mol. The first kappa shape index (κ1) is 9.69. The van der Waals surface area contributed by atoms with Crippen LogP contribution in [0, 0.1) is 12.8 Å². The van der Waals surface area contributed by atoms with E-state index in [0.29, 0.717) is 5.92 Å². The SMILES string of the molecule is Cc1cccc(C(O)CC2CNC2)c1. The van der Waals surface area contributed by atoms with Crippen molar-refractivity contribution < 1.29 is 5.11 Å². The van der Waals surface area contributed by atoms with E-state index in [2.05, 4.69) is 24.4 Å². The summed E-state index contributed by atoms with van der Waals surface area (Å²) in [6.07, 6.45) is 0.596. The molecule has 1 heterocycles. The Morgan fingerprint density at radius 2 is 2.29 bits per heavy atom. The average molecular weight is 191 g/mol. The molecular formula is C12H17NO. The van der Waals surface area contributed by atoms with Gasteiger partial charge in [0, 0.05) is 0 Å². The second-order valence-electron chi connectivity index (χ2n) is 4.19. The maximum Gasteiger partial charge on any atom is 0.0793 e. The minimum atomic E-state index is -0.290. The lowest BCUT2D eigenvalue weighted by Gasteiger charge is -2.29. The number of aliphatic hydroxyl groups excluding tert-OH is 1. The third kappa shape index (κ3) is 2.14. The predicted molar refractivity (Wildman–Crippen MR) is 57.1 cm³/mol. The van der Waals surface area contributed by atoms with Crippen LogP contribution >= 0.6 is 0 Å². The molecule has 1 unspecified atom stereocenters. The molecule has 0 amide bonds. The molecular weight excluding hydrogens is 174 g/mol. The third-order valence-electron chi connectivity index (χ3n) is 2.85. The van der Waals surface area contributed by atoms with E-state index >= 15 is 0 Å². The van der Waals surface area contributed by atoms with E-state index < -0.39 is 0 Å². The first-order chi connectivity index (χ1) is 6.75. The molecule has 2 rings (SSSR count). The van der Waals surface area contributed by atoms with Gasteiger partial charge in [0.2, 0.25) is 0 Å². The van der Waals surface area contributed by atoms with Gasteiger partial charge in [0.05, 0.1) is 6.10 Å². The van der Waals surface area contributed by atoms with Crippen LogP contribution in [0.2, 0.25) is 0 Å². The van der Waals surface area contributed by atoms with Gasteiger partial charge in [-0.15, -0.1) is 0 Å². The molecule has 76 valence electrons. The summed E-state index contributed by atoms with van der Waals surface area (Å²) in [6.45, 7) is 4.17. The van der Waals surface area contributed by atoms with Crippen molar-refractivity contribution >= 4 is 0 Å². The summed E-state index contributed by atoms with van der Waals surface area (Å²) in [5.41, 5.74) is 2.27. The molecule has 2 heteroatoms. The normalized spacial score (nSPS) is 19.0. The van der Waals surface area contributed by atoms with Gasteiger partial charge in [0.15, 0.2) is 0 Å². The molecule has 0 aromatic heterocycles. The molecule has 1 aromatic carbocycles. The quantitative estimate of drug-likeness (QED) is 0.761. The zero-order valence-electron chi connectivity index (χ0n) is 8.53. The molecule has 0 saturated carbocycles. The van der Waals surface area contributed by atoms with Crippen LogP contribution in [0.4, 0.5) is 0 Å². The van der Waals surface area contributed by atoms with Crippen LogP contribution in [0.5, 0.6) is 0 Å². The van der Waals surface area contributed by atoms with Crippen molar-refractivity contribution in [3.63, 3.8) is 0 Å². The van der Waals surface area contributed by atoms with E-state index in [1.807, 2.05) is 12.1 Å². The van der Waals surface area contributed by atoms with Crippen LogP contribution < -0.4 is 5.32 Å². The van der Waals surface area contributed by atoms with Gasteiger partial charge in [-0.25, -0.2) is 0 Å². The summed E-state index contributed by atoms with van der Waals surface area (Å²) < 4.78 is 0. The molecule has 14 heavy (non-hydrogen) atoms. The van der Waals surface area contributed by atoms with Crippen molar-refractivity contribution in [2.45, 2.75) is 19.4 Å². The Kier molecular flexibility index (Phi) is 2.85. The molecule has 1 saturated heterocycles. The summed E-state index contributed by atoms with van der Waals surface area (Å²) in [5.74, 6) is 0.658. The van der Waals surface area contributed by atoms with Crippen LogP contribution in [0.15, 0.2) is 24.3 Å². The van der Waals surface area contributed by atoms with Crippen molar-refractivity contribution in [3.05, 3.63) is 35.4 Å². The highest BCUT2D eigenvalue weighted by molar-refractivity contribution is 5.24. The molecule has 0 bridgehead atoms. The molecule has 1 atom stereocenters. The van der Waals surface area contributed by atoms with Crippen LogP contribution in [-0.2, 0) is 0 Å². The number of hydrogen-bond acceptors (Lipinski definition) is 2. The molecule has 1 aliphatic heterocycles. The van der Waals surface area contributed by atoms with Gasteiger partial charge in [0.1, 0.15) is 0 Å². The summed E-state index contributed by atoms with van der Waals surface area (Å²) >= 11 is 0. The summed E-state index contributed by atoms with van der Waals surface area (Å²) in [5, 5.41) is 13.2. The molecule has 0 spiro atoms. The Morgan fingerprint density at radius 3 is 2.86 bits per heavy atom. The predicted octanol–water partition coefficient (Wildman–Crippen LogP) is 1.64. The number of aliphatic hydroxyl groups is 1. The highest BCUT2D eigenvalue weighted by atomic mass is 16.3. The first-order valence-electron chi connectivity index (χ1n) is 5.21. The zero-order chi connectivity index (χ0) is 9.97. The molecule has 1 fully saturated rings. The Balaban J connectivity index is 1.98. The maximum atomic E-state index is 9.95. The average Bonchev–Trinajstić information content (AvgIpc) is 2.11. The van der Waals surface area contributed by atoms with Crippen LogP contribution in [-0.4, -0.2) is 18.2 Å². The highest BCUT2D eigenvalue weighted by Crippen LogP contribution is 2.23. The molecule has 2 nitrogen and oxygen atoms in total. The highest BCUT2D eigenvalue weighted by Gasteiger charge is 2.21. The summed E-state index contributed by atoms with van der Waals surface area (Å²) in [7, 11) is 0. The van der Waals surface area contributed by atoms with Gasteiger partial charge < -0.3 is 10.4 Å². The fraction of sp³-hybridized carbons (Fsp3) is 0.500. The van der Waals surface area contributed by atoms with Gasteiger partial charge in [0.25, 0.3) is 0 Å². The fourth-order valence-corrected chi connectivity index (χ4v) is 1.84. The first-order valence-corrected chi connectivity index (χ1v) is 5.21. The van der Waals surface area contributed by atoms with E-state index in [9.17, 15) is 5.11 Å². The van der Waals surface area contributed by atoms with Crippen LogP contribution in [0.25, 0.3) is 0 Å². The summed E-state index contributed by atoms with van der Waals surface area (Å²) in [6, 6.07) is 8.13. The van der Waals surface area contributed by atoms with E-state index in [-0.39, 0.29) is 6.10 Å². The van der Waals surface area contributed by atoms with Crippen molar-refractivity contribution in [2.24, 2.45) is 5.92 Å².